The molecule has 0 saturated carbocycles. The third kappa shape index (κ3) is 1.60. The minimum absolute atomic E-state index is 0.182. The number of aromatic nitrogens is 2. The zero-order chi connectivity index (χ0) is 11.0. The Balaban J connectivity index is 2.01. The number of nitrogens with two attached hydrogens (primary N) is 1. The van der Waals surface area contributed by atoms with Gasteiger partial charge in [-0.05, 0) is 24.5 Å². The van der Waals surface area contributed by atoms with Crippen molar-refractivity contribution in [1.29, 1.82) is 0 Å². The van der Waals surface area contributed by atoms with E-state index in [1.807, 2.05) is 28.9 Å². The monoisotopic (exact) mass is 217 g/mol. The van der Waals surface area contributed by atoms with Crippen molar-refractivity contribution in [3.63, 3.8) is 0 Å². The van der Waals surface area contributed by atoms with Gasteiger partial charge in [0, 0.05) is 25.5 Å². The van der Waals surface area contributed by atoms with E-state index in [1.165, 1.54) is 0 Å². The highest BCUT2D eigenvalue weighted by atomic mass is 16.5. The molecule has 1 aliphatic rings. The van der Waals surface area contributed by atoms with Crippen molar-refractivity contribution in [2.24, 2.45) is 5.73 Å². The molecule has 0 radical (unpaired) electrons. The summed E-state index contributed by atoms with van der Waals surface area (Å²) in [6, 6.07) is 4.02. The van der Waals surface area contributed by atoms with Gasteiger partial charge >= 0.3 is 0 Å². The smallest absolute Gasteiger partial charge is 0.137 e. The fourth-order valence-electron chi connectivity index (χ4n) is 2.14. The van der Waals surface area contributed by atoms with Gasteiger partial charge in [0.25, 0.3) is 0 Å². The van der Waals surface area contributed by atoms with Crippen LogP contribution in [0.2, 0.25) is 0 Å². The first-order valence-corrected chi connectivity index (χ1v) is 5.66. The molecule has 1 aliphatic heterocycles. The Bertz CT molecular complexity index is 500. The summed E-state index contributed by atoms with van der Waals surface area (Å²) < 4.78 is 7.65. The van der Waals surface area contributed by atoms with Crippen molar-refractivity contribution in [3.8, 4) is 0 Å². The summed E-state index contributed by atoms with van der Waals surface area (Å²) in [5.74, 6) is 0. The Morgan fingerprint density at radius 2 is 2.38 bits per heavy atom. The second-order valence-electron chi connectivity index (χ2n) is 4.17. The standard InChI is InChI=1S/C12H15N3O/c13-6-9-3-4-12-14-10(8-15(12)7-9)11-2-1-5-16-11/h3-4,7-8,11H,1-2,5-6,13H2. The zero-order valence-corrected chi connectivity index (χ0v) is 9.10. The highest BCUT2D eigenvalue weighted by Crippen LogP contribution is 2.27. The van der Waals surface area contributed by atoms with Crippen molar-refractivity contribution in [2.75, 3.05) is 6.61 Å². The van der Waals surface area contributed by atoms with Crippen LogP contribution in [0.4, 0.5) is 0 Å². The highest BCUT2D eigenvalue weighted by molar-refractivity contribution is 5.41. The lowest BCUT2D eigenvalue weighted by Gasteiger charge is -2.03. The van der Waals surface area contributed by atoms with Crippen LogP contribution in [0.3, 0.4) is 0 Å². The van der Waals surface area contributed by atoms with Crippen LogP contribution in [-0.2, 0) is 11.3 Å². The summed E-state index contributed by atoms with van der Waals surface area (Å²) in [4.78, 5) is 4.57. The third-order valence-corrected chi connectivity index (χ3v) is 3.03. The van der Waals surface area contributed by atoms with Gasteiger partial charge in [-0.2, -0.15) is 0 Å². The Morgan fingerprint density at radius 3 is 3.12 bits per heavy atom. The first kappa shape index (κ1) is 9.81. The molecule has 1 fully saturated rings. The van der Waals surface area contributed by atoms with Gasteiger partial charge in [-0.25, -0.2) is 4.98 Å². The van der Waals surface area contributed by atoms with Gasteiger partial charge in [-0.3, -0.25) is 0 Å². The van der Waals surface area contributed by atoms with Crippen LogP contribution >= 0.6 is 0 Å². The maximum Gasteiger partial charge on any atom is 0.137 e. The summed E-state index contributed by atoms with van der Waals surface area (Å²) >= 11 is 0. The SMILES string of the molecule is NCc1ccc2nc(C3CCCO3)cn2c1. The molecule has 0 spiro atoms. The highest BCUT2D eigenvalue weighted by Gasteiger charge is 2.20. The van der Waals surface area contributed by atoms with Crippen LogP contribution in [0.5, 0.6) is 0 Å². The molecule has 4 heteroatoms. The maximum absolute atomic E-state index is 5.62. The van der Waals surface area contributed by atoms with E-state index in [-0.39, 0.29) is 6.10 Å². The Hall–Kier alpha value is -1.39. The molecule has 1 unspecified atom stereocenters. The normalized spacial score (nSPS) is 20.7. The fraction of sp³-hybridized carbons (Fsp3) is 0.417. The molecule has 0 bridgehead atoms. The van der Waals surface area contributed by atoms with Crippen molar-refractivity contribution in [2.45, 2.75) is 25.5 Å². The van der Waals surface area contributed by atoms with Crippen molar-refractivity contribution >= 4 is 5.65 Å². The fourth-order valence-corrected chi connectivity index (χ4v) is 2.14. The van der Waals surface area contributed by atoms with E-state index in [1.54, 1.807) is 0 Å². The van der Waals surface area contributed by atoms with Crippen LogP contribution in [0.15, 0.2) is 24.5 Å². The van der Waals surface area contributed by atoms with Crippen LogP contribution in [0.25, 0.3) is 5.65 Å². The minimum Gasteiger partial charge on any atom is -0.372 e. The van der Waals surface area contributed by atoms with Crippen LogP contribution < -0.4 is 5.73 Å². The molecule has 3 rings (SSSR count). The largest absolute Gasteiger partial charge is 0.372 e. The Morgan fingerprint density at radius 1 is 1.44 bits per heavy atom. The van der Waals surface area contributed by atoms with E-state index in [9.17, 15) is 0 Å². The number of hydrogen-bond donors (Lipinski definition) is 1. The molecule has 4 nitrogen and oxygen atoms in total. The Kier molecular flexibility index (Phi) is 2.38. The zero-order valence-electron chi connectivity index (χ0n) is 9.10. The van der Waals surface area contributed by atoms with Crippen LogP contribution in [0, 0.1) is 0 Å². The summed E-state index contributed by atoms with van der Waals surface area (Å²) in [6.45, 7) is 1.41. The van der Waals surface area contributed by atoms with E-state index < -0.39 is 0 Å². The number of hydrogen-bond acceptors (Lipinski definition) is 3. The van der Waals surface area contributed by atoms with Gasteiger partial charge in [-0.15, -0.1) is 0 Å². The molecule has 1 atom stereocenters. The van der Waals surface area contributed by atoms with Crippen molar-refractivity contribution < 1.29 is 4.74 Å². The van der Waals surface area contributed by atoms with E-state index in [2.05, 4.69) is 4.98 Å². The summed E-state index contributed by atoms with van der Waals surface area (Å²) in [5, 5.41) is 0. The molecule has 2 aromatic heterocycles. The molecule has 3 heterocycles. The van der Waals surface area contributed by atoms with Crippen molar-refractivity contribution in [1.82, 2.24) is 9.38 Å². The molecule has 0 aliphatic carbocycles. The second kappa shape index (κ2) is 3.88. The topological polar surface area (TPSA) is 52.5 Å². The summed E-state index contributed by atoms with van der Waals surface area (Å²) in [6.07, 6.45) is 6.46. The number of nitrogens with zero attached hydrogens (tertiary/aromatic N) is 2. The molecular formula is C12H15N3O. The lowest BCUT2D eigenvalue weighted by atomic mass is 10.2. The van der Waals surface area contributed by atoms with E-state index in [0.29, 0.717) is 6.54 Å². The lowest BCUT2D eigenvalue weighted by molar-refractivity contribution is 0.109. The molecular weight excluding hydrogens is 202 g/mol. The molecule has 16 heavy (non-hydrogen) atoms. The first-order valence-electron chi connectivity index (χ1n) is 5.66. The van der Waals surface area contributed by atoms with E-state index in [0.717, 1.165) is 36.4 Å². The molecule has 2 N–H and O–H groups in total. The van der Waals surface area contributed by atoms with Gasteiger partial charge in [0.1, 0.15) is 11.8 Å². The Labute approximate surface area is 94.0 Å². The summed E-state index contributed by atoms with van der Waals surface area (Å²) in [5.41, 5.74) is 8.72. The number of rotatable bonds is 2. The molecule has 0 amide bonds. The maximum atomic E-state index is 5.62. The van der Waals surface area contributed by atoms with Crippen molar-refractivity contribution in [3.05, 3.63) is 35.8 Å². The second-order valence-corrected chi connectivity index (χ2v) is 4.17. The molecule has 84 valence electrons. The van der Waals surface area contributed by atoms with Gasteiger partial charge in [0.05, 0.1) is 5.69 Å². The van der Waals surface area contributed by atoms with Gasteiger partial charge in [-0.1, -0.05) is 6.07 Å². The van der Waals surface area contributed by atoms with Crippen LogP contribution in [0.1, 0.15) is 30.2 Å². The molecule has 0 aromatic carbocycles. The molecule has 1 saturated heterocycles. The van der Waals surface area contributed by atoms with Gasteiger partial charge < -0.3 is 14.9 Å². The lowest BCUT2D eigenvalue weighted by Crippen LogP contribution is -1.97. The third-order valence-electron chi connectivity index (χ3n) is 3.03. The average Bonchev–Trinajstić information content (AvgIpc) is 2.96. The van der Waals surface area contributed by atoms with Gasteiger partial charge in [0.2, 0.25) is 0 Å². The number of ether oxygens (including phenoxy) is 1. The minimum atomic E-state index is 0.182. The van der Waals surface area contributed by atoms with E-state index in [4.69, 9.17) is 10.5 Å². The predicted octanol–water partition coefficient (Wildman–Crippen LogP) is 1.64. The predicted molar refractivity (Wildman–Crippen MR) is 61.0 cm³/mol. The van der Waals surface area contributed by atoms with E-state index >= 15 is 0 Å². The quantitative estimate of drug-likeness (QED) is 0.832. The average molecular weight is 217 g/mol. The summed E-state index contributed by atoms with van der Waals surface area (Å²) in [7, 11) is 0. The van der Waals surface area contributed by atoms with Gasteiger partial charge in [0.15, 0.2) is 0 Å². The number of fused-ring (bicyclic) bond motifs is 1. The van der Waals surface area contributed by atoms with Crippen LogP contribution in [-0.4, -0.2) is 16.0 Å². The molecule has 2 aromatic rings. The first-order chi connectivity index (χ1) is 7.86. The number of imidazole rings is 1. The number of pyridine rings is 1.